The summed E-state index contributed by atoms with van der Waals surface area (Å²) < 4.78 is 15.5. The molecule has 1 aliphatic rings. The van der Waals surface area contributed by atoms with Crippen molar-refractivity contribution in [2.75, 3.05) is 20.3 Å². The van der Waals surface area contributed by atoms with Gasteiger partial charge in [0.1, 0.15) is 11.6 Å². The van der Waals surface area contributed by atoms with E-state index in [1.807, 2.05) is 6.07 Å². The molecule has 1 fully saturated rings. The number of amides is 1. The SMILES string of the molecule is CCOC(=O)COc1ccc(/C=C(\C#N)C(=O)NC2CCCC2)cc1OC. The maximum atomic E-state index is 12.3. The molecule has 1 saturated carbocycles. The van der Waals surface area contributed by atoms with Gasteiger partial charge in [-0.15, -0.1) is 0 Å². The lowest BCUT2D eigenvalue weighted by atomic mass is 10.1. The number of hydrogen-bond donors (Lipinski definition) is 1. The summed E-state index contributed by atoms with van der Waals surface area (Å²) in [5, 5.41) is 12.2. The molecule has 0 aliphatic heterocycles. The van der Waals surface area contributed by atoms with Gasteiger partial charge < -0.3 is 19.5 Å². The van der Waals surface area contributed by atoms with Crippen molar-refractivity contribution < 1.29 is 23.8 Å². The molecule has 0 spiro atoms. The highest BCUT2D eigenvalue weighted by Crippen LogP contribution is 2.29. The van der Waals surface area contributed by atoms with Crippen molar-refractivity contribution in [1.29, 1.82) is 5.26 Å². The Morgan fingerprint density at radius 3 is 2.67 bits per heavy atom. The molecule has 0 saturated heterocycles. The smallest absolute Gasteiger partial charge is 0.344 e. The minimum atomic E-state index is -0.473. The first kappa shape index (κ1) is 20.3. The lowest BCUT2D eigenvalue weighted by Gasteiger charge is -2.12. The maximum Gasteiger partial charge on any atom is 0.344 e. The van der Waals surface area contributed by atoms with Gasteiger partial charge in [-0.2, -0.15) is 5.26 Å². The normalized spacial score (nSPS) is 14.3. The number of carbonyl (C=O) groups excluding carboxylic acids is 2. The van der Waals surface area contributed by atoms with Crippen LogP contribution >= 0.6 is 0 Å². The summed E-state index contributed by atoms with van der Waals surface area (Å²) in [5.41, 5.74) is 0.651. The first-order chi connectivity index (χ1) is 13.1. The van der Waals surface area contributed by atoms with E-state index in [1.165, 1.54) is 13.2 Å². The third kappa shape index (κ3) is 6.03. The second kappa shape index (κ2) is 10.2. The van der Waals surface area contributed by atoms with Gasteiger partial charge in [0.2, 0.25) is 0 Å². The van der Waals surface area contributed by atoms with Gasteiger partial charge in [0, 0.05) is 6.04 Å². The molecule has 7 nitrogen and oxygen atoms in total. The van der Waals surface area contributed by atoms with E-state index in [-0.39, 0.29) is 30.7 Å². The van der Waals surface area contributed by atoms with Crippen molar-refractivity contribution in [2.45, 2.75) is 38.6 Å². The van der Waals surface area contributed by atoms with Crippen LogP contribution in [0, 0.1) is 11.3 Å². The lowest BCUT2D eigenvalue weighted by Crippen LogP contribution is -2.33. The number of nitrogens with one attached hydrogen (secondary N) is 1. The molecule has 1 N–H and O–H groups in total. The molecule has 0 unspecified atom stereocenters. The van der Waals surface area contributed by atoms with Crippen LogP contribution in [0.15, 0.2) is 23.8 Å². The van der Waals surface area contributed by atoms with E-state index < -0.39 is 5.97 Å². The number of benzene rings is 1. The largest absolute Gasteiger partial charge is 0.493 e. The zero-order valence-corrected chi connectivity index (χ0v) is 15.6. The van der Waals surface area contributed by atoms with Gasteiger partial charge in [0.25, 0.3) is 5.91 Å². The fourth-order valence-electron chi connectivity index (χ4n) is 2.88. The Balaban J connectivity index is 2.09. The van der Waals surface area contributed by atoms with Crippen LogP contribution in [0.1, 0.15) is 38.2 Å². The molecule has 2 rings (SSSR count). The molecule has 7 heteroatoms. The second-order valence-electron chi connectivity index (χ2n) is 6.13. The van der Waals surface area contributed by atoms with Crippen molar-refractivity contribution in [3.63, 3.8) is 0 Å². The van der Waals surface area contributed by atoms with Gasteiger partial charge in [-0.3, -0.25) is 4.79 Å². The van der Waals surface area contributed by atoms with Crippen molar-refractivity contribution in [3.05, 3.63) is 29.3 Å². The zero-order chi connectivity index (χ0) is 19.6. The molecule has 0 aromatic heterocycles. The molecule has 0 radical (unpaired) electrons. The van der Waals surface area contributed by atoms with Crippen LogP contribution in [-0.2, 0) is 14.3 Å². The highest BCUT2D eigenvalue weighted by Gasteiger charge is 2.19. The molecular formula is C20H24N2O5. The van der Waals surface area contributed by atoms with Crippen LogP contribution in [0.4, 0.5) is 0 Å². The molecular weight excluding hydrogens is 348 g/mol. The van der Waals surface area contributed by atoms with Crippen molar-refractivity contribution in [1.82, 2.24) is 5.32 Å². The third-order valence-electron chi connectivity index (χ3n) is 4.21. The number of methoxy groups -OCH3 is 1. The summed E-state index contributed by atoms with van der Waals surface area (Å²) in [6.07, 6.45) is 5.60. The summed E-state index contributed by atoms with van der Waals surface area (Å²) in [4.78, 5) is 23.7. The van der Waals surface area contributed by atoms with E-state index in [4.69, 9.17) is 14.2 Å². The highest BCUT2D eigenvalue weighted by atomic mass is 16.6. The Morgan fingerprint density at radius 1 is 1.30 bits per heavy atom. The van der Waals surface area contributed by atoms with Crippen LogP contribution in [0.25, 0.3) is 6.08 Å². The van der Waals surface area contributed by atoms with Crippen LogP contribution in [0.3, 0.4) is 0 Å². The molecule has 1 amide bonds. The molecule has 0 atom stereocenters. The molecule has 0 bridgehead atoms. The van der Waals surface area contributed by atoms with Crippen molar-refractivity contribution in [2.24, 2.45) is 0 Å². The number of rotatable bonds is 8. The van der Waals surface area contributed by atoms with Crippen LogP contribution in [0.5, 0.6) is 11.5 Å². The summed E-state index contributed by atoms with van der Waals surface area (Å²) in [5.74, 6) is -0.0805. The Bertz CT molecular complexity index is 745. The summed E-state index contributed by atoms with van der Waals surface area (Å²) in [6.45, 7) is 1.77. The molecule has 1 aromatic carbocycles. The standard InChI is InChI=1S/C20H24N2O5/c1-3-26-19(23)13-27-17-9-8-14(11-18(17)25-2)10-15(12-21)20(24)22-16-6-4-5-7-16/h8-11,16H,3-7,13H2,1-2H3,(H,22,24)/b15-10+. The van der Waals surface area contributed by atoms with Gasteiger partial charge in [-0.05, 0) is 43.5 Å². The number of hydrogen-bond acceptors (Lipinski definition) is 6. The van der Waals surface area contributed by atoms with Gasteiger partial charge in [0.15, 0.2) is 18.1 Å². The van der Waals surface area contributed by atoms with Crippen LogP contribution in [0.2, 0.25) is 0 Å². The minimum Gasteiger partial charge on any atom is -0.493 e. The van der Waals surface area contributed by atoms with Gasteiger partial charge in [-0.1, -0.05) is 18.9 Å². The van der Waals surface area contributed by atoms with E-state index in [0.29, 0.717) is 17.1 Å². The predicted octanol–water partition coefficient (Wildman–Crippen LogP) is 2.60. The molecule has 1 aliphatic carbocycles. The average molecular weight is 372 g/mol. The number of nitrogens with zero attached hydrogens (tertiary/aromatic N) is 1. The predicted molar refractivity (Wildman–Crippen MR) is 99.1 cm³/mol. The summed E-state index contributed by atoms with van der Waals surface area (Å²) in [7, 11) is 1.47. The first-order valence-electron chi connectivity index (χ1n) is 8.96. The van der Waals surface area contributed by atoms with E-state index in [1.54, 1.807) is 25.1 Å². The summed E-state index contributed by atoms with van der Waals surface area (Å²) >= 11 is 0. The lowest BCUT2D eigenvalue weighted by molar-refractivity contribution is -0.145. The van der Waals surface area contributed by atoms with E-state index >= 15 is 0 Å². The monoisotopic (exact) mass is 372 g/mol. The number of nitriles is 1. The van der Waals surface area contributed by atoms with Crippen LogP contribution < -0.4 is 14.8 Å². The van der Waals surface area contributed by atoms with E-state index in [9.17, 15) is 14.9 Å². The second-order valence-corrected chi connectivity index (χ2v) is 6.13. The quantitative estimate of drug-likeness (QED) is 0.428. The zero-order valence-electron chi connectivity index (χ0n) is 15.6. The van der Waals surface area contributed by atoms with Gasteiger partial charge in [0.05, 0.1) is 13.7 Å². The fourth-order valence-corrected chi connectivity index (χ4v) is 2.88. The Kier molecular flexibility index (Phi) is 7.68. The average Bonchev–Trinajstić information content (AvgIpc) is 3.17. The molecule has 144 valence electrons. The number of ether oxygens (including phenoxy) is 3. The Labute approximate surface area is 158 Å². The minimum absolute atomic E-state index is 0.0316. The van der Waals surface area contributed by atoms with E-state index in [2.05, 4.69) is 5.32 Å². The Morgan fingerprint density at radius 2 is 2.04 bits per heavy atom. The maximum absolute atomic E-state index is 12.3. The molecule has 27 heavy (non-hydrogen) atoms. The number of esters is 1. The fraction of sp³-hybridized carbons (Fsp3) is 0.450. The van der Waals surface area contributed by atoms with Crippen molar-refractivity contribution >= 4 is 18.0 Å². The number of carbonyl (C=O) groups is 2. The van der Waals surface area contributed by atoms with Gasteiger partial charge >= 0.3 is 5.97 Å². The van der Waals surface area contributed by atoms with Crippen molar-refractivity contribution in [3.8, 4) is 17.6 Å². The van der Waals surface area contributed by atoms with Gasteiger partial charge in [-0.25, -0.2) is 4.79 Å². The van der Waals surface area contributed by atoms with E-state index in [0.717, 1.165) is 25.7 Å². The summed E-state index contributed by atoms with van der Waals surface area (Å²) in [6, 6.07) is 7.03. The highest BCUT2D eigenvalue weighted by molar-refractivity contribution is 6.01. The molecule has 1 aromatic rings. The van der Waals surface area contributed by atoms with Crippen LogP contribution in [-0.4, -0.2) is 38.2 Å². The Hall–Kier alpha value is -3.01. The molecule has 0 heterocycles. The first-order valence-corrected chi connectivity index (χ1v) is 8.96. The topological polar surface area (TPSA) is 97.7 Å². The third-order valence-corrected chi connectivity index (χ3v) is 4.21.